The molecule has 0 spiro atoms. The molecule has 1 aromatic carbocycles. The molecular formula is C20H26N2O8. The predicted octanol–water partition coefficient (Wildman–Crippen LogP) is 2.99. The maximum atomic E-state index is 12.5. The minimum atomic E-state index is -0.831. The zero-order chi connectivity index (χ0) is 22.5. The number of amides is 1. The number of ether oxygens (including phenoxy) is 3. The summed E-state index contributed by atoms with van der Waals surface area (Å²) in [5, 5.41) is 13.4. The molecule has 164 valence electrons. The topological polar surface area (TPSA) is 134 Å². The Hall–Kier alpha value is -3.17. The highest BCUT2D eigenvalue weighted by molar-refractivity contribution is 5.90. The molecule has 0 heterocycles. The van der Waals surface area contributed by atoms with Crippen molar-refractivity contribution >= 4 is 23.7 Å². The second-order valence-electron chi connectivity index (χ2n) is 7.98. The highest BCUT2D eigenvalue weighted by Crippen LogP contribution is 2.29. The summed E-state index contributed by atoms with van der Waals surface area (Å²) in [7, 11) is 1.25. The molecule has 10 nitrogen and oxygen atoms in total. The standard InChI is InChI=1S/C20H26N2O8/c1-20(2,3)30-19(25)21-16-14(18(24)28-4)6-5-7-15(16)29-17(23)12-8-10-13(11-9-12)22(26)27/h8-11,14-16H,5-7H2,1-4H3,(H,21,25). The van der Waals surface area contributed by atoms with Gasteiger partial charge in [0.15, 0.2) is 0 Å². The van der Waals surface area contributed by atoms with Crippen molar-refractivity contribution in [3.8, 4) is 0 Å². The van der Waals surface area contributed by atoms with Gasteiger partial charge in [-0.2, -0.15) is 0 Å². The van der Waals surface area contributed by atoms with Crippen molar-refractivity contribution in [2.45, 2.75) is 57.8 Å². The third-order valence-corrected chi connectivity index (χ3v) is 4.60. The molecular weight excluding hydrogens is 396 g/mol. The van der Waals surface area contributed by atoms with Gasteiger partial charge in [-0.05, 0) is 52.2 Å². The number of methoxy groups -OCH3 is 1. The first-order valence-corrected chi connectivity index (χ1v) is 9.54. The molecule has 1 fully saturated rings. The van der Waals surface area contributed by atoms with Gasteiger partial charge in [0, 0.05) is 12.1 Å². The van der Waals surface area contributed by atoms with E-state index >= 15 is 0 Å². The number of nitrogens with one attached hydrogen (secondary N) is 1. The van der Waals surface area contributed by atoms with Crippen LogP contribution in [-0.4, -0.2) is 47.8 Å². The van der Waals surface area contributed by atoms with E-state index < -0.39 is 46.6 Å². The van der Waals surface area contributed by atoms with Gasteiger partial charge >= 0.3 is 18.0 Å². The molecule has 1 saturated carbocycles. The highest BCUT2D eigenvalue weighted by atomic mass is 16.6. The van der Waals surface area contributed by atoms with Gasteiger partial charge in [0.05, 0.1) is 29.6 Å². The third-order valence-electron chi connectivity index (χ3n) is 4.60. The van der Waals surface area contributed by atoms with Crippen molar-refractivity contribution in [2.75, 3.05) is 7.11 Å². The Kier molecular flexibility index (Phi) is 7.36. The quantitative estimate of drug-likeness (QED) is 0.331. The number of esters is 2. The average molecular weight is 422 g/mol. The van der Waals surface area contributed by atoms with Gasteiger partial charge in [-0.1, -0.05) is 0 Å². The fourth-order valence-corrected chi connectivity index (χ4v) is 3.27. The van der Waals surface area contributed by atoms with Gasteiger partial charge in [-0.15, -0.1) is 0 Å². The van der Waals surface area contributed by atoms with E-state index in [9.17, 15) is 24.5 Å². The van der Waals surface area contributed by atoms with E-state index in [0.29, 0.717) is 19.3 Å². The predicted molar refractivity (Wildman–Crippen MR) is 105 cm³/mol. The van der Waals surface area contributed by atoms with Crippen LogP contribution in [0.5, 0.6) is 0 Å². The van der Waals surface area contributed by atoms with E-state index in [1.54, 1.807) is 20.8 Å². The lowest BCUT2D eigenvalue weighted by Crippen LogP contribution is -2.55. The maximum absolute atomic E-state index is 12.5. The van der Waals surface area contributed by atoms with Crippen molar-refractivity contribution in [2.24, 2.45) is 5.92 Å². The van der Waals surface area contributed by atoms with Crippen LogP contribution < -0.4 is 5.32 Å². The summed E-state index contributed by atoms with van der Waals surface area (Å²) in [6.07, 6.45) is -0.0617. The molecule has 0 saturated heterocycles. The monoisotopic (exact) mass is 422 g/mol. The van der Waals surface area contributed by atoms with Crippen molar-refractivity contribution in [3.63, 3.8) is 0 Å². The van der Waals surface area contributed by atoms with Crippen LogP contribution >= 0.6 is 0 Å². The zero-order valence-corrected chi connectivity index (χ0v) is 17.4. The molecule has 1 aliphatic carbocycles. The lowest BCUT2D eigenvalue weighted by atomic mass is 9.82. The number of hydrogen-bond donors (Lipinski definition) is 1. The van der Waals surface area contributed by atoms with E-state index in [-0.39, 0.29) is 11.3 Å². The van der Waals surface area contributed by atoms with Crippen LogP contribution in [0.1, 0.15) is 50.4 Å². The van der Waals surface area contributed by atoms with E-state index in [1.807, 2.05) is 0 Å². The van der Waals surface area contributed by atoms with E-state index in [1.165, 1.54) is 31.4 Å². The third kappa shape index (κ3) is 6.16. The number of nitrogens with zero attached hydrogens (tertiary/aromatic N) is 1. The number of benzene rings is 1. The Morgan fingerprint density at radius 2 is 1.77 bits per heavy atom. The molecule has 1 N–H and O–H groups in total. The molecule has 10 heteroatoms. The van der Waals surface area contributed by atoms with Gasteiger partial charge < -0.3 is 19.5 Å². The SMILES string of the molecule is COC(=O)C1CCCC(OC(=O)c2ccc([N+](=O)[O-])cc2)C1NC(=O)OC(C)(C)C. The van der Waals surface area contributed by atoms with Crippen LogP contribution in [0.25, 0.3) is 0 Å². The molecule has 0 aliphatic heterocycles. The largest absolute Gasteiger partial charge is 0.469 e. The molecule has 0 radical (unpaired) electrons. The van der Waals surface area contributed by atoms with Crippen LogP contribution in [0.3, 0.4) is 0 Å². The number of rotatable bonds is 5. The summed E-state index contributed by atoms with van der Waals surface area (Å²) in [4.78, 5) is 47.3. The van der Waals surface area contributed by atoms with Gasteiger partial charge in [0.2, 0.25) is 0 Å². The Morgan fingerprint density at radius 1 is 1.13 bits per heavy atom. The minimum Gasteiger partial charge on any atom is -0.469 e. The average Bonchev–Trinajstić information content (AvgIpc) is 2.67. The summed E-state index contributed by atoms with van der Waals surface area (Å²) in [5.74, 6) is -1.94. The van der Waals surface area contributed by atoms with Crippen molar-refractivity contribution < 1.29 is 33.5 Å². The van der Waals surface area contributed by atoms with Crippen molar-refractivity contribution in [3.05, 3.63) is 39.9 Å². The fraction of sp³-hybridized carbons (Fsp3) is 0.550. The Bertz CT molecular complexity index is 800. The van der Waals surface area contributed by atoms with Crippen LogP contribution in [0.15, 0.2) is 24.3 Å². The number of carbonyl (C=O) groups is 3. The summed E-state index contributed by atoms with van der Waals surface area (Å²) in [6.45, 7) is 5.12. The Balaban J connectivity index is 2.18. The normalized spacial score (nSPS) is 21.3. The number of alkyl carbamates (subject to hydrolysis) is 1. The van der Waals surface area contributed by atoms with E-state index in [4.69, 9.17) is 14.2 Å². The summed E-state index contributed by atoms with van der Waals surface area (Å²) >= 11 is 0. The molecule has 3 atom stereocenters. The first-order valence-electron chi connectivity index (χ1n) is 9.54. The van der Waals surface area contributed by atoms with Crippen molar-refractivity contribution in [1.82, 2.24) is 5.32 Å². The van der Waals surface area contributed by atoms with Crippen LogP contribution in [0, 0.1) is 16.0 Å². The minimum absolute atomic E-state index is 0.122. The summed E-state index contributed by atoms with van der Waals surface area (Å²) < 4.78 is 15.7. The van der Waals surface area contributed by atoms with Gasteiger partial charge in [-0.3, -0.25) is 14.9 Å². The smallest absolute Gasteiger partial charge is 0.408 e. The van der Waals surface area contributed by atoms with E-state index in [0.717, 1.165) is 0 Å². The summed E-state index contributed by atoms with van der Waals surface area (Å²) in [5.41, 5.74) is -0.777. The van der Waals surface area contributed by atoms with Crippen LogP contribution in [-0.2, 0) is 19.0 Å². The number of nitro groups is 1. The second-order valence-corrected chi connectivity index (χ2v) is 7.98. The molecule has 3 unspecified atom stereocenters. The number of hydrogen-bond acceptors (Lipinski definition) is 8. The van der Waals surface area contributed by atoms with Gasteiger partial charge in [-0.25, -0.2) is 9.59 Å². The molecule has 0 bridgehead atoms. The molecule has 1 amide bonds. The van der Waals surface area contributed by atoms with Gasteiger partial charge in [0.25, 0.3) is 5.69 Å². The highest BCUT2D eigenvalue weighted by Gasteiger charge is 2.42. The number of nitro benzene ring substituents is 1. The van der Waals surface area contributed by atoms with E-state index in [2.05, 4.69) is 5.32 Å². The zero-order valence-electron chi connectivity index (χ0n) is 17.4. The molecule has 1 aromatic rings. The molecule has 1 aliphatic rings. The van der Waals surface area contributed by atoms with Gasteiger partial charge in [0.1, 0.15) is 11.7 Å². The first kappa shape index (κ1) is 23.1. The fourth-order valence-electron chi connectivity index (χ4n) is 3.27. The van der Waals surface area contributed by atoms with Crippen LogP contribution in [0.2, 0.25) is 0 Å². The summed E-state index contributed by atoms with van der Waals surface area (Å²) in [6, 6.07) is 4.15. The Morgan fingerprint density at radius 3 is 2.30 bits per heavy atom. The molecule has 30 heavy (non-hydrogen) atoms. The first-order chi connectivity index (χ1) is 14.0. The molecule has 2 rings (SSSR count). The number of non-ortho nitro benzene ring substituents is 1. The lowest BCUT2D eigenvalue weighted by Gasteiger charge is -2.36. The van der Waals surface area contributed by atoms with Crippen LogP contribution in [0.4, 0.5) is 10.5 Å². The second kappa shape index (κ2) is 9.55. The number of carbonyl (C=O) groups excluding carboxylic acids is 3. The molecule has 0 aromatic heterocycles. The van der Waals surface area contributed by atoms with Crippen molar-refractivity contribution in [1.29, 1.82) is 0 Å². The maximum Gasteiger partial charge on any atom is 0.408 e. The lowest BCUT2D eigenvalue weighted by molar-refractivity contribution is -0.384. The Labute approximate surface area is 174 Å².